The topological polar surface area (TPSA) is 68.7 Å². The molecule has 2 rings (SSSR count). The molecule has 6 heteroatoms. The van der Waals surface area contributed by atoms with Crippen LogP contribution in [0.2, 0.25) is 0 Å². The van der Waals surface area contributed by atoms with Crippen LogP contribution in [-0.4, -0.2) is 30.3 Å². The van der Waals surface area contributed by atoms with Gasteiger partial charge >= 0.3 is 5.97 Å². The van der Waals surface area contributed by atoms with Crippen LogP contribution in [0.1, 0.15) is 15.4 Å². The van der Waals surface area contributed by atoms with Crippen molar-refractivity contribution in [1.29, 1.82) is 0 Å². The predicted molar refractivity (Wildman–Crippen MR) is 72.4 cm³/mol. The number of ether oxygens (including phenoxy) is 2. The number of benzene rings is 1. The second-order valence-electron chi connectivity index (χ2n) is 3.80. The van der Waals surface area contributed by atoms with Crippen LogP contribution in [0.5, 0.6) is 11.5 Å². The molecule has 0 saturated carbocycles. The van der Waals surface area contributed by atoms with Gasteiger partial charge in [-0.2, -0.15) is 0 Å². The van der Waals surface area contributed by atoms with Crippen molar-refractivity contribution < 1.29 is 19.4 Å². The van der Waals surface area contributed by atoms with Gasteiger partial charge < -0.3 is 14.6 Å². The number of thiazole rings is 1. The molecule has 2 aromatic rings. The molecule has 1 aromatic carbocycles. The van der Waals surface area contributed by atoms with Gasteiger partial charge in [0.05, 0.1) is 25.5 Å². The maximum Gasteiger partial charge on any atom is 0.347 e. The first kappa shape index (κ1) is 13.4. The van der Waals surface area contributed by atoms with Crippen LogP contribution in [0.4, 0.5) is 0 Å². The fourth-order valence-corrected chi connectivity index (χ4v) is 2.62. The summed E-state index contributed by atoms with van der Waals surface area (Å²) in [5.74, 6) is 0.311. The average molecular weight is 279 g/mol. The van der Waals surface area contributed by atoms with Gasteiger partial charge in [0.2, 0.25) is 0 Å². The molecule has 0 atom stereocenters. The first-order chi connectivity index (χ1) is 9.06. The summed E-state index contributed by atoms with van der Waals surface area (Å²) in [5, 5.41) is 9.67. The molecule has 19 heavy (non-hydrogen) atoms. The number of carboxylic acids is 1. The summed E-state index contributed by atoms with van der Waals surface area (Å²) in [6, 6.07) is 5.34. The van der Waals surface area contributed by atoms with E-state index in [0.717, 1.165) is 16.9 Å². The third-order valence-electron chi connectivity index (χ3n) is 2.63. The van der Waals surface area contributed by atoms with Gasteiger partial charge in [-0.15, -0.1) is 11.3 Å². The van der Waals surface area contributed by atoms with Gasteiger partial charge in [-0.3, -0.25) is 0 Å². The lowest BCUT2D eigenvalue weighted by atomic mass is 10.2. The molecule has 0 spiro atoms. The Morgan fingerprint density at radius 1 is 1.32 bits per heavy atom. The summed E-state index contributed by atoms with van der Waals surface area (Å²) < 4.78 is 10.4. The number of aromatic nitrogens is 1. The van der Waals surface area contributed by atoms with E-state index >= 15 is 0 Å². The van der Waals surface area contributed by atoms with Crippen molar-refractivity contribution in [3.8, 4) is 22.1 Å². The van der Waals surface area contributed by atoms with E-state index in [1.54, 1.807) is 33.3 Å². The monoisotopic (exact) mass is 279 g/mol. The van der Waals surface area contributed by atoms with E-state index in [1.165, 1.54) is 0 Å². The van der Waals surface area contributed by atoms with Gasteiger partial charge in [-0.25, -0.2) is 9.78 Å². The van der Waals surface area contributed by atoms with Crippen LogP contribution in [-0.2, 0) is 0 Å². The van der Waals surface area contributed by atoms with Gasteiger partial charge in [0, 0.05) is 6.07 Å². The molecule has 0 amide bonds. The molecule has 0 aliphatic rings. The predicted octanol–water partition coefficient (Wildman–Crippen LogP) is 2.83. The largest absolute Gasteiger partial charge is 0.497 e. The molecule has 0 radical (unpaired) electrons. The Morgan fingerprint density at radius 3 is 2.58 bits per heavy atom. The van der Waals surface area contributed by atoms with Gasteiger partial charge in [-0.1, -0.05) is 0 Å². The summed E-state index contributed by atoms with van der Waals surface area (Å²) >= 11 is 1.13. The van der Waals surface area contributed by atoms with Crippen molar-refractivity contribution in [2.24, 2.45) is 0 Å². The number of carboxylic acid groups (broad SMARTS) is 1. The van der Waals surface area contributed by atoms with Crippen LogP contribution >= 0.6 is 11.3 Å². The summed E-state index contributed by atoms with van der Waals surface area (Å²) in [7, 11) is 3.13. The number of aryl methyl sites for hydroxylation is 1. The summed E-state index contributed by atoms with van der Waals surface area (Å²) in [6.45, 7) is 1.68. The lowest BCUT2D eigenvalue weighted by Crippen LogP contribution is -1.94. The first-order valence-electron chi connectivity index (χ1n) is 5.50. The lowest BCUT2D eigenvalue weighted by Gasteiger charge is -2.08. The van der Waals surface area contributed by atoms with Gasteiger partial charge in [0.25, 0.3) is 0 Å². The van der Waals surface area contributed by atoms with Crippen LogP contribution in [0.15, 0.2) is 18.2 Å². The van der Waals surface area contributed by atoms with Crippen molar-refractivity contribution in [2.75, 3.05) is 14.2 Å². The summed E-state index contributed by atoms with van der Waals surface area (Å²) in [4.78, 5) is 15.6. The second-order valence-corrected chi connectivity index (χ2v) is 4.80. The normalized spacial score (nSPS) is 10.3. The van der Waals surface area contributed by atoms with Crippen molar-refractivity contribution >= 4 is 17.3 Å². The molecule has 0 saturated heterocycles. The van der Waals surface area contributed by atoms with Gasteiger partial charge in [0.1, 0.15) is 21.4 Å². The first-order valence-corrected chi connectivity index (χ1v) is 6.31. The Labute approximate surface area is 114 Å². The van der Waals surface area contributed by atoms with E-state index in [2.05, 4.69) is 4.98 Å². The number of aromatic carboxylic acids is 1. The fraction of sp³-hybridized carbons (Fsp3) is 0.231. The lowest BCUT2D eigenvalue weighted by molar-refractivity contribution is 0.0701. The molecule has 1 heterocycles. The molecular formula is C13H13NO4S. The molecule has 1 aromatic heterocycles. The molecular weight excluding hydrogens is 266 g/mol. The van der Waals surface area contributed by atoms with Crippen LogP contribution in [0, 0.1) is 6.92 Å². The van der Waals surface area contributed by atoms with Crippen LogP contribution in [0.25, 0.3) is 10.6 Å². The standard InChI is InChI=1S/C13H13NO4S/c1-7-11(13(15)16)19-12(14-7)9-5-4-8(17-2)6-10(9)18-3/h4-6H,1-3H3,(H,15,16). The van der Waals surface area contributed by atoms with E-state index in [1.807, 2.05) is 6.07 Å². The Balaban J connectivity index is 2.52. The third kappa shape index (κ3) is 2.53. The Bertz CT molecular complexity index is 621. The zero-order valence-electron chi connectivity index (χ0n) is 10.8. The molecule has 0 unspecified atom stereocenters. The molecule has 100 valence electrons. The minimum atomic E-state index is -0.964. The quantitative estimate of drug-likeness (QED) is 0.932. The van der Waals surface area contributed by atoms with Crippen molar-refractivity contribution in [3.63, 3.8) is 0 Å². The van der Waals surface area contributed by atoms with E-state index in [4.69, 9.17) is 14.6 Å². The Kier molecular flexibility index (Phi) is 3.71. The minimum absolute atomic E-state index is 0.243. The Morgan fingerprint density at radius 2 is 2.05 bits per heavy atom. The zero-order chi connectivity index (χ0) is 14.0. The van der Waals surface area contributed by atoms with Crippen molar-refractivity contribution in [3.05, 3.63) is 28.8 Å². The SMILES string of the molecule is COc1ccc(-c2nc(C)c(C(=O)O)s2)c(OC)c1. The number of hydrogen-bond donors (Lipinski definition) is 1. The highest BCUT2D eigenvalue weighted by atomic mass is 32.1. The zero-order valence-corrected chi connectivity index (χ0v) is 11.6. The van der Waals surface area contributed by atoms with E-state index < -0.39 is 5.97 Å². The van der Waals surface area contributed by atoms with Gasteiger partial charge in [-0.05, 0) is 19.1 Å². The maximum atomic E-state index is 11.0. The number of rotatable bonds is 4. The third-order valence-corrected chi connectivity index (χ3v) is 3.81. The molecule has 0 bridgehead atoms. The smallest absolute Gasteiger partial charge is 0.347 e. The molecule has 0 aliphatic carbocycles. The highest BCUT2D eigenvalue weighted by Crippen LogP contribution is 2.36. The summed E-state index contributed by atoms with van der Waals surface area (Å²) in [6.07, 6.45) is 0. The van der Waals surface area contributed by atoms with Crippen molar-refractivity contribution in [1.82, 2.24) is 4.98 Å². The van der Waals surface area contributed by atoms with Crippen molar-refractivity contribution in [2.45, 2.75) is 6.92 Å². The van der Waals surface area contributed by atoms with Gasteiger partial charge in [0.15, 0.2) is 0 Å². The minimum Gasteiger partial charge on any atom is -0.497 e. The molecule has 5 nitrogen and oxygen atoms in total. The second kappa shape index (κ2) is 5.27. The van der Waals surface area contributed by atoms with Crippen LogP contribution < -0.4 is 9.47 Å². The van der Waals surface area contributed by atoms with Crippen LogP contribution in [0.3, 0.4) is 0 Å². The highest BCUT2D eigenvalue weighted by molar-refractivity contribution is 7.17. The van der Waals surface area contributed by atoms with E-state index in [-0.39, 0.29) is 4.88 Å². The van der Waals surface area contributed by atoms with E-state index in [0.29, 0.717) is 22.2 Å². The average Bonchev–Trinajstić information content (AvgIpc) is 2.80. The number of carbonyl (C=O) groups is 1. The molecule has 1 N–H and O–H groups in total. The molecule has 0 fully saturated rings. The highest BCUT2D eigenvalue weighted by Gasteiger charge is 2.17. The maximum absolute atomic E-state index is 11.0. The van der Waals surface area contributed by atoms with E-state index in [9.17, 15) is 4.79 Å². The summed E-state index contributed by atoms with van der Waals surface area (Å²) in [5.41, 5.74) is 1.26. The Hall–Kier alpha value is -2.08. The number of hydrogen-bond acceptors (Lipinski definition) is 5. The molecule has 0 aliphatic heterocycles. The fourth-order valence-electron chi connectivity index (χ4n) is 1.69. The number of methoxy groups -OCH3 is 2. The number of nitrogens with zero attached hydrogens (tertiary/aromatic N) is 1.